The molecule has 5 heteroatoms. The first-order valence-electron chi connectivity index (χ1n) is 6.45. The molecular weight excluding hydrogens is 266 g/mol. The van der Waals surface area contributed by atoms with Crippen molar-refractivity contribution in [3.05, 3.63) is 34.9 Å². The summed E-state index contributed by atoms with van der Waals surface area (Å²) >= 11 is 5.93. The van der Waals surface area contributed by atoms with Gasteiger partial charge in [0.25, 0.3) is 0 Å². The van der Waals surface area contributed by atoms with Crippen LogP contribution in [-0.2, 0) is 9.47 Å². The molecule has 0 bridgehead atoms. The number of rotatable bonds is 6. The Labute approximate surface area is 118 Å². The molecule has 1 fully saturated rings. The second-order valence-corrected chi connectivity index (χ2v) is 5.25. The van der Waals surface area contributed by atoms with Crippen LogP contribution in [0.2, 0.25) is 5.02 Å². The van der Waals surface area contributed by atoms with Crippen molar-refractivity contribution in [3.63, 3.8) is 0 Å². The van der Waals surface area contributed by atoms with E-state index >= 15 is 0 Å². The zero-order valence-corrected chi connectivity index (χ0v) is 11.8. The summed E-state index contributed by atoms with van der Waals surface area (Å²) in [6.45, 7) is 2.70. The predicted molar refractivity (Wildman–Crippen MR) is 74.2 cm³/mol. The fraction of sp³-hybridized carbons (Fsp3) is 0.571. The summed E-state index contributed by atoms with van der Waals surface area (Å²) in [7, 11) is 1.62. The molecule has 0 amide bonds. The summed E-state index contributed by atoms with van der Waals surface area (Å²) in [5.74, 6) is 0. The van der Waals surface area contributed by atoms with Crippen molar-refractivity contribution in [1.82, 2.24) is 4.90 Å². The van der Waals surface area contributed by atoms with E-state index in [4.69, 9.17) is 21.1 Å². The number of halogens is 1. The maximum atomic E-state index is 10.2. The van der Waals surface area contributed by atoms with Crippen molar-refractivity contribution in [2.45, 2.75) is 18.6 Å². The maximum absolute atomic E-state index is 10.2. The molecule has 106 valence electrons. The van der Waals surface area contributed by atoms with Crippen LogP contribution in [-0.4, -0.2) is 49.6 Å². The number of ether oxygens (including phenoxy) is 2. The SMILES string of the molecule is COCO[C@H]1CCN(CC(O)c2cccc(Cl)c2)C1. The molecule has 2 atom stereocenters. The molecule has 0 saturated carbocycles. The molecular formula is C14H20ClNO3. The third kappa shape index (κ3) is 4.44. The highest BCUT2D eigenvalue weighted by molar-refractivity contribution is 6.30. The first-order chi connectivity index (χ1) is 9.19. The summed E-state index contributed by atoms with van der Waals surface area (Å²) in [6, 6.07) is 7.37. The molecule has 1 unspecified atom stereocenters. The van der Waals surface area contributed by atoms with Gasteiger partial charge in [-0.25, -0.2) is 0 Å². The Bertz CT molecular complexity index is 402. The highest BCUT2D eigenvalue weighted by atomic mass is 35.5. The van der Waals surface area contributed by atoms with Crippen LogP contribution in [0.4, 0.5) is 0 Å². The van der Waals surface area contributed by atoms with E-state index < -0.39 is 6.10 Å². The van der Waals surface area contributed by atoms with Crippen LogP contribution in [0.1, 0.15) is 18.1 Å². The van der Waals surface area contributed by atoms with Gasteiger partial charge in [0, 0.05) is 31.8 Å². The van der Waals surface area contributed by atoms with Crippen LogP contribution in [0.3, 0.4) is 0 Å². The van der Waals surface area contributed by atoms with E-state index in [9.17, 15) is 5.11 Å². The Morgan fingerprint density at radius 1 is 1.53 bits per heavy atom. The number of β-amino-alcohol motifs (C(OH)–C–C–N with tert-alkyl or cyclic N) is 1. The maximum Gasteiger partial charge on any atom is 0.146 e. The number of nitrogens with zero attached hydrogens (tertiary/aromatic N) is 1. The lowest BCUT2D eigenvalue weighted by molar-refractivity contribution is -0.0677. The van der Waals surface area contributed by atoms with Gasteiger partial charge in [-0.1, -0.05) is 23.7 Å². The second-order valence-electron chi connectivity index (χ2n) is 4.81. The number of likely N-dealkylation sites (tertiary alicyclic amines) is 1. The molecule has 2 rings (SSSR count). The number of methoxy groups -OCH3 is 1. The Morgan fingerprint density at radius 2 is 2.37 bits per heavy atom. The third-order valence-electron chi connectivity index (χ3n) is 3.32. The lowest BCUT2D eigenvalue weighted by atomic mass is 10.1. The van der Waals surface area contributed by atoms with E-state index in [1.54, 1.807) is 13.2 Å². The van der Waals surface area contributed by atoms with Gasteiger partial charge in [0.05, 0.1) is 12.2 Å². The number of aliphatic hydroxyl groups excluding tert-OH is 1. The van der Waals surface area contributed by atoms with Crippen molar-refractivity contribution < 1.29 is 14.6 Å². The molecule has 1 aliphatic rings. The molecule has 1 N–H and O–H groups in total. The summed E-state index contributed by atoms with van der Waals surface area (Å²) < 4.78 is 10.4. The first kappa shape index (κ1) is 14.8. The number of benzene rings is 1. The van der Waals surface area contributed by atoms with Gasteiger partial charge in [-0.05, 0) is 24.1 Å². The van der Waals surface area contributed by atoms with Crippen LogP contribution in [0, 0.1) is 0 Å². The van der Waals surface area contributed by atoms with E-state index in [0.717, 1.165) is 25.1 Å². The summed E-state index contributed by atoms with van der Waals surface area (Å²) in [5, 5.41) is 10.9. The van der Waals surface area contributed by atoms with Gasteiger partial charge in [-0.3, -0.25) is 4.90 Å². The normalized spacial score (nSPS) is 21.7. The van der Waals surface area contributed by atoms with Gasteiger partial charge in [-0.2, -0.15) is 0 Å². The lowest BCUT2D eigenvalue weighted by Crippen LogP contribution is -2.28. The van der Waals surface area contributed by atoms with Crippen LogP contribution in [0.5, 0.6) is 0 Å². The lowest BCUT2D eigenvalue weighted by Gasteiger charge is -2.20. The zero-order valence-electron chi connectivity index (χ0n) is 11.1. The average Bonchev–Trinajstić information content (AvgIpc) is 2.84. The molecule has 0 aromatic heterocycles. The number of aliphatic hydroxyl groups is 1. The number of hydrogen-bond donors (Lipinski definition) is 1. The van der Waals surface area contributed by atoms with Crippen LogP contribution in [0.25, 0.3) is 0 Å². The van der Waals surface area contributed by atoms with Crippen LogP contribution in [0.15, 0.2) is 24.3 Å². The van der Waals surface area contributed by atoms with Crippen molar-refractivity contribution in [2.24, 2.45) is 0 Å². The standard InChI is InChI=1S/C14H20ClNO3/c1-18-10-19-13-5-6-16(8-13)9-14(17)11-3-2-4-12(15)7-11/h2-4,7,13-14,17H,5-6,8-10H2,1H3/t13-,14?/m0/s1. The largest absolute Gasteiger partial charge is 0.387 e. The molecule has 19 heavy (non-hydrogen) atoms. The van der Waals surface area contributed by atoms with Crippen molar-refractivity contribution >= 4 is 11.6 Å². The molecule has 1 aromatic rings. The van der Waals surface area contributed by atoms with Gasteiger partial charge in [-0.15, -0.1) is 0 Å². The minimum atomic E-state index is -0.514. The molecule has 1 heterocycles. The monoisotopic (exact) mass is 285 g/mol. The van der Waals surface area contributed by atoms with Gasteiger partial charge in [0.2, 0.25) is 0 Å². The highest BCUT2D eigenvalue weighted by Gasteiger charge is 2.25. The smallest absolute Gasteiger partial charge is 0.146 e. The Balaban J connectivity index is 1.82. The topological polar surface area (TPSA) is 41.9 Å². The molecule has 1 aliphatic heterocycles. The Morgan fingerprint density at radius 3 is 3.11 bits per heavy atom. The minimum absolute atomic E-state index is 0.200. The first-order valence-corrected chi connectivity index (χ1v) is 6.83. The third-order valence-corrected chi connectivity index (χ3v) is 3.55. The molecule has 0 spiro atoms. The fourth-order valence-corrected chi connectivity index (χ4v) is 2.53. The van der Waals surface area contributed by atoms with Crippen molar-refractivity contribution in [2.75, 3.05) is 33.5 Å². The van der Waals surface area contributed by atoms with Gasteiger partial charge < -0.3 is 14.6 Å². The van der Waals surface area contributed by atoms with Crippen molar-refractivity contribution in [3.8, 4) is 0 Å². The van der Waals surface area contributed by atoms with E-state index in [-0.39, 0.29) is 6.10 Å². The molecule has 1 saturated heterocycles. The molecule has 1 aromatic carbocycles. The van der Waals surface area contributed by atoms with Crippen LogP contribution < -0.4 is 0 Å². The quantitative estimate of drug-likeness (QED) is 0.813. The van der Waals surface area contributed by atoms with Gasteiger partial charge in [0.1, 0.15) is 6.79 Å². The van der Waals surface area contributed by atoms with Crippen molar-refractivity contribution in [1.29, 1.82) is 0 Å². The average molecular weight is 286 g/mol. The van der Waals surface area contributed by atoms with E-state index in [2.05, 4.69) is 4.90 Å². The Hall–Kier alpha value is -0.650. The molecule has 4 nitrogen and oxygen atoms in total. The molecule has 0 aliphatic carbocycles. The summed E-state index contributed by atoms with van der Waals surface area (Å²) in [5.41, 5.74) is 0.855. The molecule has 0 radical (unpaired) electrons. The Kier molecular flexibility index (Phi) is 5.60. The second kappa shape index (κ2) is 7.22. The van der Waals surface area contributed by atoms with E-state index in [0.29, 0.717) is 18.4 Å². The van der Waals surface area contributed by atoms with Crippen LogP contribution >= 0.6 is 11.6 Å². The number of hydrogen-bond acceptors (Lipinski definition) is 4. The van der Waals surface area contributed by atoms with E-state index in [1.165, 1.54) is 0 Å². The van der Waals surface area contributed by atoms with Gasteiger partial charge >= 0.3 is 0 Å². The summed E-state index contributed by atoms with van der Waals surface area (Å²) in [4.78, 5) is 2.20. The summed E-state index contributed by atoms with van der Waals surface area (Å²) in [6.07, 6.45) is 0.664. The predicted octanol–water partition coefficient (Wildman–Crippen LogP) is 2.07. The minimum Gasteiger partial charge on any atom is -0.387 e. The fourth-order valence-electron chi connectivity index (χ4n) is 2.33. The zero-order chi connectivity index (χ0) is 13.7. The van der Waals surface area contributed by atoms with Gasteiger partial charge in [0.15, 0.2) is 0 Å². The highest BCUT2D eigenvalue weighted by Crippen LogP contribution is 2.21. The van der Waals surface area contributed by atoms with E-state index in [1.807, 2.05) is 18.2 Å².